The summed E-state index contributed by atoms with van der Waals surface area (Å²) in [6.07, 6.45) is 0.706. The molecule has 6 rings (SSSR count). The molecule has 0 saturated carbocycles. The van der Waals surface area contributed by atoms with Crippen molar-refractivity contribution >= 4 is 80.4 Å². The summed E-state index contributed by atoms with van der Waals surface area (Å²) >= 11 is 0. The van der Waals surface area contributed by atoms with E-state index in [9.17, 15) is 24.0 Å². The van der Waals surface area contributed by atoms with Gasteiger partial charge in [0.05, 0.1) is 53.6 Å². The first kappa shape index (κ1) is 42.7. The van der Waals surface area contributed by atoms with E-state index < -0.39 is 59.5 Å². The predicted octanol–water partition coefficient (Wildman–Crippen LogP) is 6.91. The molecule has 0 N–H and O–H groups in total. The third-order valence-electron chi connectivity index (χ3n) is 10.8. The smallest absolute Gasteiger partial charge is 0.329 e. The number of carbonyl (C=O) groups is 7. The van der Waals surface area contributed by atoms with Crippen molar-refractivity contribution in [3.05, 3.63) is 65.2 Å². The number of hydrogen-bond acceptors (Lipinski definition) is 10. The predicted molar refractivity (Wildman–Crippen MR) is 224 cm³/mol. The zero-order valence-corrected chi connectivity index (χ0v) is 35.2. The minimum absolute atomic E-state index is 0.00200. The lowest BCUT2D eigenvalue weighted by Crippen LogP contribution is -2.46. The highest BCUT2D eigenvalue weighted by molar-refractivity contribution is 6.55. The average molecular weight is 808 g/mol. The summed E-state index contributed by atoms with van der Waals surface area (Å²) in [5.41, 5.74) is 1.87. The van der Waals surface area contributed by atoms with Gasteiger partial charge in [-0.3, -0.25) is 33.9 Å². The minimum atomic E-state index is -1.14. The van der Waals surface area contributed by atoms with Gasteiger partial charge in [-0.15, -0.1) is 0 Å². The Balaban J connectivity index is 1.68. The van der Waals surface area contributed by atoms with E-state index in [1.165, 1.54) is 20.8 Å². The number of carbonyl (C=O) groups excluding carboxylic acids is 7. The number of benzene rings is 3. The fourth-order valence-electron chi connectivity index (χ4n) is 8.54. The lowest BCUT2D eigenvalue weighted by atomic mass is 9.93. The van der Waals surface area contributed by atoms with Crippen molar-refractivity contribution in [3.8, 4) is 0 Å². The molecule has 0 aliphatic carbocycles. The van der Waals surface area contributed by atoms with Crippen LogP contribution in [0.25, 0.3) is 21.9 Å². The second-order valence-corrected chi connectivity index (χ2v) is 16.3. The number of nitrogens with zero attached hydrogens (tertiary/aromatic N) is 3. The minimum Gasteiger partial charge on any atom is -0.464 e. The van der Waals surface area contributed by atoms with E-state index in [1.807, 2.05) is 41.5 Å². The third-order valence-corrected chi connectivity index (χ3v) is 10.8. The fraction of sp³-hybridized carbons (Fsp3) is 0.457. The molecule has 0 spiro atoms. The van der Waals surface area contributed by atoms with Crippen molar-refractivity contribution < 1.29 is 47.8 Å². The Bertz CT molecular complexity index is 2270. The van der Waals surface area contributed by atoms with Crippen LogP contribution in [0, 0.1) is 17.8 Å². The van der Waals surface area contributed by atoms with Gasteiger partial charge in [0.2, 0.25) is 0 Å². The van der Waals surface area contributed by atoms with Crippen molar-refractivity contribution in [1.82, 2.24) is 0 Å². The summed E-state index contributed by atoms with van der Waals surface area (Å²) in [4.78, 5) is 103. The summed E-state index contributed by atoms with van der Waals surface area (Å²) in [6, 6.07) is 10.2. The third kappa shape index (κ3) is 7.51. The molecule has 59 heavy (non-hydrogen) atoms. The van der Waals surface area contributed by atoms with Crippen molar-refractivity contribution in [1.29, 1.82) is 0 Å². The molecule has 0 radical (unpaired) electrons. The van der Waals surface area contributed by atoms with Crippen LogP contribution in [0.2, 0.25) is 0 Å². The number of amides is 3. The number of fused-ring (bicyclic) bond motifs is 6. The molecule has 3 aliphatic rings. The van der Waals surface area contributed by atoms with Crippen LogP contribution in [0.5, 0.6) is 0 Å². The van der Waals surface area contributed by atoms with E-state index in [1.54, 1.807) is 63.2 Å². The molecule has 13 nitrogen and oxygen atoms in total. The molecule has 3 aromatic carbocycles. The van der Waals surface area contributed by atoms with Crippen LogP contribution in [0.4, 0.5) is 17.1 Å². The van der Waals surface area contributed by atoms with Gasteiger partial charge >= 0.3 is 17.9 Å². The highest BCUT2D eigenvalue weighted by Crippen LogP contribution is 2.52. The number of Topliss-reactive ketones (excluding diaryl/α,β-unsaturated/α-hetero) is 1. The molecule has 0 saturated heterocycles. The summed E-state index contributed by atoms with van der Waals surface area (Å²) in [5.74, 6) is -4.87. The van der Waals surface area contributed by atoms with Gasteiger partial charge in [-0.1, -0.05) is 77.9 Å². The van der Waals surface area contributed by atoms with E-state index in [4.69, 9.17) is 14.2 Å². The summed E-state index contributed by atoms with van der Waals surface area (Å²) in [5, 5.41) is 0.788. The first-order valence-electron chi connectivity index (χ1n) is 20.6. The van der Waals surface area contributed by atoms with E-state index >= 15 is 9.59 Å². The van der Waals surface area contributed by atoms with Gasteiger partial charge in [-0.2, -0.15) is 0 Å². The maximum atomic E-state index is 15.4. The Hall–Kier alpha value is -5.85. The van der Waals surface area contributed by atoms with Crippen molar-refractivity contribution in [2.45, 2.75) is 99.7 Å². The van der Waals surface area contributed by atoms with Gasteiger partial charge in [-0.05, 0) is 69.9 Å². The van der Waals surface area contributed by atoms with Gasteiger partial charge in [0.15, 0.2) is 0 Å². The molecule has 0 aromatic heterocycles. The van der Waals surface area contributed by atoms with E-state index in [-0.39, 0.29) is 78.5 Å². The van der Waals surface area contributed by atoms with Gasteiger partial charge in [-0.25, -0.2) is 14.4 Å². The number of esters is 3. The molecule has 3 unspecified atom stereocenters. The highest BCUT2D eigenvalue weighted by Gasteiger charge is 2.50. The topological polar surface area (TPSA) is 157 Å². The van der Waals surface area contributed by atoms with Gasteiger partial charge < -0.3 is 14.2 Å². The van der Waals surface area contributed by atoms with Crippen LogP contribution in [-0.4, -0.2) is 79.4 Å². The molecule has 3 aromatic rings. The van der Waals surface area contributed by atoms with E-state index in [0.29, 0.717) is 34.0 Å². The molecular weight excluding hydrogens is 755 g/mol. The second-order valence-electron chi connectivity index (χ2n) is 16.3. The van der Waals surface area contributed by atoms with Crippen LogP contribution >= 0.6 is 0 Å². The second kappa shape index (κ2) is 17.2. The molecule has 3 aliphatic heterocycles. The van der Waals surface area contributed by atoms with E-state index in [2.05, 4.69) is 0 Å². The quantitative estimate of drug-likeness (QED) is 0.0685. The molecular formula is C46H53N3O10. The normalized spacial score (nSPS) is 17.6. The van der Waals surface area contributed by atoms with Gasteiger partial charge in [0.1, 0.15) is 18.1 Å². The lowest BCUT2D eigenvalue weighted by molar-refractivity contribution is -0.146. The maximum Gasteiger partial charge on any atom is 0.329 e. The monoisotopic (exact) mass is 807 g/mol. The molecule has 3 amide bonds. The molecule has 0 bridgehead atoms. The number of ketones is 1. The van der Waals surface area contributed by atoms with Crippen LogP contribution < -0.4 is 14.7 Å². The van der Waals surface area contributed by atoms with Crippen molar-refractivity contribution in [2.75, 3.05) is 34.5 Å². The molecule has 3 atom stereocenters. The Morgan fingerprint density at radius 3 is 1.36 bits per heavy atom. The standard InChI is InChI=1S/C46H53N3O10/c1-10-57-44(54)33(21-24(4)5)47-32-16-14-13-15-29(32)36(41(47)51)37-30-19-17-28-27(38(30)48(42(37)52)34(22-25(6)7)45(55)58-11-2)18-20-31-39(28)49(43(53)40(31)50)35(23-26(8)9)46(56)59-12-3/h13-20,24-26,33-35H,10-12,21-23H2,1-9H3/b37-36+. The highest BCUT2D eigenvalue weighted by atomic mass is 16.5. The summed E-state index contributed by atoms with van der Waals surface area (Å²) in [6.45, 7) is 16.8. The Labute approximate surface area is 344 Å². The van der Waals surface area contributed by atoms with Gasteiger partial charge in [0, 0.05) is 21.9 Å². The first-order valence-corrected chi connectivity index (χ1v) is 20.6. The molecule has 3 heterocycles. The zero-order chi connectivity index (χ0) is 43.0. The fourth-order valence-corrected chi connectivity index (χ4v) is 8.54. The number of hydrogen-bond donors (Lipinski definition) is 0. The molecule has 13 heteroatoms. The average Bonchev–Trinajstić information content (AvgIpc) is 3.73. The Morgan fingerprint density at radius 1 is 0.492 bits per heavy atom. The maximum absolute atomic E-state index is 15.4. The van der Waals surface area contributed by atoms with Gasteiger partial charge in [0.25, 0.3) is 23.5 Å². The summed E-state index contributed by atoms with van der Waals surface area (Å²) < 4.78 is 16.5. The van der Waals surface area contributed by atoms with Crippen molar-refractivity contribution in [2.24, 2.45) is 17.8 Å². The zero-order valence-electron chi connectivity index (χ0n) is 35.2. The number of rotatable bonds is 15. The van der Waals surface area contributed by atoms with Crippen LogP contribution in [0.1, 0.15) is 103 Å². The van der Waals surface area contributed by atoms with E-state index in [0.717, 1.165) is 0 Å². The SMILES string of the molecule is CCOC(=O)C(CC(C)C)N1C(=O)/C(=C2/C(=O)N(C(CC(C)C)C(=O)OCC)c3c2ccc2c4c(ccc32)C(=O)C(=O)N4C(CC(C)C)C(=O)OCC)c2ccccc21. The lowest BCUT2D eigenvalue weighted by Gasteiger charge is -2.30. The van der Waals surface area contributed by atoms with Crippen LogP contribution in [0.15, 0.2) is 48.5 Å². The number of ether oxygens (including phenoxy) is 3. The molecule has 0 fully saturated rings. The Kier molecular flexibility index (Phi) is 12.4. The summed E-state index contributed by atoms with van der Waals surface area (Å²) in [7, 11) is 0. The molecule has 312 valence electrons. The number of para-hydroxylation sites is 1. The van der Waals surface area contributed by atoms with Crippen molar-refractivity contribution in [3.63, 3.8) is 0 Å². The number of anilines is 3. The van der Waals surface area contributed by atoms with Crippen LogP contribution in [-0.2, 0) is 43.0 Å². The Morgan fingerprint density at radius 2 is 0.881 bits per heavy atom. The first-order chi connectivity index (χ1) is 28.1. The van der Waals surface area contributed by atoms with Crippen LogP contribution in [0.3, 0.4) is 0 Å². The largest absolute Gasteiger partial charge is 0.464 e.